The average Bonchev–Trinajstić information content (AvgIpc) is 2.37. The first-order valence-corrected chi connectivity index (χ1v) is 5.42. The molecule has 4 nitrogen and oxygen atoms in total. The lowest BCUT2D eigenvalue weighted by molar-refractivity contribution is -0.123. The minimum absolute atomic E-state index is 0.249. The SMILES string of the molecule is COC(CNC(=O)/C=C/c1cccc(F)c1)OC. The maximum Gasteiger partial charge on any atom is 0.244 e. The zero-order valence-corrected chi connectivity index (χ0v) is 10.4. The quantitative estimate of drug-likeness (QED) is 0.618. The summed E-state index contributed by atoms with van der Waals surface area (Å²) >= 11 is 0. The molecule has 1 aromatic rings. The Labute approximate surface area is 105 Å². The third-order valence-electron chi connectivity index (χ3n) is 2.24. The van der Waals surface area contributed by atoms with E-state index < -0.39 is 6.29 Å². The number of nitrogens with one attached hydrogen (secondary N) is 1. The second-order valence-corrected chi connectivity index (χ2v) is 3.53. The fraction of sp³-hybridized carbons (Fsp3) is 0.308. The highest BCUT2D eigenvalue weighted by Gasteiger charge is 2.05. The van der Waals surface area contributed by atoms with Crippen molar-refractivity contribution in [3.05, 3.63) is 41.7 Å². The van der Waals surface area contributed by atoms with E-state index in [0.29, 0.717) is 5.56 Å². The standard InChI is InChI=1S/C13H16FNO3/c1-17-13(18-2)9-15-12(16)7-6-10-4-3-5-11(14)8-10/h3-8,13H,9H2,1-2H3,(H,15,16)/b7-6+. The molecule has 0 unspecified atom stereocenters. The third kappa shape index (κ3) is 5.07. The van der Waals surface area contributed by atoms with E-state index >= 15 is 0 Å². The van der Waals surface area contributed by atoms with E-state index in [2.05, 4.69) is 5.32 Å². The summed E-state index contributed by atoms with van der Waals surface area (Å²) in [7, 11) is 2.98. The molecule has 0 bridgehead atoms. The van der Waals surface area contributed by atoms with Crippen LogP contribution in [0.15, 0.2) is 30.3 Å². The molecular formula is C13H16FNO3. The molecule has 5 heteroatoms. The molecule has 0 saturated heterocycles. The number of benzene rings is 1. The highest BCUT2D eigenvalue weighted by Crippen LogP contribution is 2.05. The summed E-state index contributed by atoms with van der Waals surface area (Å²) in [5, 5.41) is 2.60. The van der Waals surface area contributed by atoms with E-state index in [0.717, 1.165) is 0 Å². The molecule has 1 amide bonds. The van der Waals surface area contributed by atoms with E-state index in [9.17, 15) is 9.18 Å². The second-order valence-electron chi connectivity index (χ2n) is 3.53. The monoisotopic (exact) mass is 253 g/mol. The number of hydrogen-bond donors (Lipinski definition) is 1. The minimum Gasteiger partial charge on any atom is -0.354 e. The van der Waals surface area contributed by atoms with Crippen molar-refractivity contribution >= 4 is 12.0 Å². The van der Waals surface area contributed by atoms with Crippen molar-refractivity contribution < 1.29 is 18.7 Å². The Morgan fingerprint density at radius 2 is 2.17 bits per heavy atom. The number of halogens is 1. The number of hydrogen-bond acceptors (Lipinski definition) is 3. The van der Waals surface area contributed by atoms with Crippen LogP contribution in [0.2, 0.25) is 0 Å². The number of amides is 1. The summed E-state index contributed by atoms with van der Waals surface area (Å²) in [5.41, 5.74) is 0.625. The van der Waals surface area contributed by atoms with Crippen LogP contribution in [0.25, 0.3) is 6.08 Å². The van der Waals surface area contributed by atoms with Gasteiger partial charge in [-0.25, -0.2) is 4.39 Å². The average molecular weight is 253 g/mol. The van der Waals surface area contributed by atoms with Gasteiger partial charge in [-0.05, 0) is 23.8 Å². The maximum atomic E-state index is 12.9. The van der Waals surface area contributed by atoms with Crippen molar-refractivity contribution in [3.63, 3.8) is 0 Å². The number of carbonyl (C=O) groups is 1. The lowest BCUT2D eigenvalue weighted by atomic mass is 10.2. The van der Waals surface area contributed by atoms with Gasteiger partial charge in [0.05, 0.1) is 6.54 Å². The van der Waals surface area contributed by atoms with Gasteiger partial charge in [0.2, 0.25) is 5.91 Å². The molecule has 0 fully saturated rings. The van der Waals surface area contributed by atoms with E-state index in [1.54, 1.807) is 12.1 Å². The summed E-state index contributed by atoms with van der Waals surface area (Å²) in [5.74, 6) is -0.630. The van der Waals surface area contributed by atoms with Crippen molar-refractivity contribution in [3.8, 4) is 0 Å². The minimum atomic E-state index is -0.475. The Morgan fingerprint density at radius 3 is 2.78 bits per heavy atom. The van der Waals surface area contributed by atoms with Crippen LogP contribution in [0.1, 0.15) is 5.56 Å². The second kappa shape index (κ2) is 7.58. The summed E-state index contributed by atoms with van der Waals surface area (Å²) in [6.07, 6.45) is 2.39. The molecule has 0 aliphatic rings. The molecule has 1 N–H and O–H groups in total. The van der Waals surface area contributed by atoms with Gasteiger partial charge < -0.3 is 14.8 Å². The van der Waals surface area contributed by atoms with Gasteiger partial charge in [-0.3, -0.25) is 4.79 Å². The van der Waals surface area contributed by atoms with Crippen molar-refractivity contribution in [2.75, 3.05) is 20.8 Å². The summed E-state index contributed by atoms with van der Waals surface area (Å²) < 4.78 is 22.7. The normalized spacial score (nSPS) is 11.1. The van der Waals surface area contributed by atoms with E-state index in [1.807, 2.05) is 0 Å². The molecule has 1 rings (SSSR count). The fourth-order valence-electron chi connectivity index (χ4n) is 1.29. The lowest BCUT2D eigenvalue weighted by Crippen LogP contribution is -2.33. The van der Waals surface area contributed by atoms with Crippen LogP contribution in [0.5, 0.6) is 0 Å². The molecular weight excluding hydrogens is 237 g/mol. The summed E-state index contributed by atoms with van der Waals surface area (Å²) in [4.78, 5) is 11.4. The van der Waals surface area contributed by atoms with Crippen LogP contribution in [-0.2, 0) is 14.3 Å². The molecule has 0 aromatic heterocycles. The van der Waals surface area contributed by atoms with Crippen LogP contribution >= 0.6 is 0 Å². The third-order valence-corrected chi connectivity index (χ3v) is 2.24. The predicted octanol–water partition coefficient (Wildman–Crippen LogP) is 1.57. The Kier molecular flexibility index (Phi) is 6.04. The van der Waals surface area contributed by atoms with Crippen LogP contribution < -0.4 is 5.32 Å². The van der Waals surface area contributed by atoms with Crippen molar-refractivity contribution in [2.45, 2.75) is 6.29 Å². The van der Waals surface area contributed by atoms with Crippen molar-refractivity contribution in [1.29, 1.82) is 0 Å². The molecule has 18 heavy (non-hydrogen) atoms. The number of ether oxygens (including phenoxy) is 2. The van der Waals surface area contributed by atoms with Gasteiger partial charge >= 0.3 is 0 Å². The van der Waals surface area contributed by atoms with Gasteiger partial charge in [0, 0.05) is 20.3 Å². The topological polar surface area (TPSA) is 47.6 Å². The van der Waals surface area contributed by atoms with Crippen molar-refractivity contribution in [1.82, 2.24) is 5.32 Å². The molecule has 0 heterocycles. The maximum absolute atomic E-state index is 12.9. The first-order valence-electron chi connectivity index (χ1n) is 5.42. The zero-order valence-electron chi connectivity index (χ0n) is 10.4. The van der Waals surface area contributed by atoms with Crippen molar-refractivity contribution in [2.24, 2.45) is 0 Å². The molecule has 0 spiro atoms. The van der Waals surface area contributed by atoms with Gasteiger partial charge in [0.25, 0.3) is 0 Å². The van der Waals surface area contributed by atoms with E-state index in [1.165, 1.54) is 38.5 Å². The van der Waals surface area contributed by atoms with Gasteiger partial charge in [-0.2, -0.15) is 0 Å². The Hall–Kier alpha value is -1.72. The van der Waals surface area contributed by atoms with Gasteiger partial charge in [-0.15, -0.1) is 0 Å². The van der Waals surface area contributed by atoms with Gasteiger partial charge in [0.15, 0.2) is 6.29 Å². The summed E-state index contributed by atoms with van der Waals surface area (Å²) in [6, 6.07) is 5.98. The Balaban J connectivity index is 2.45. The molecule has 0 aliphatic heterocycles. The fourth-order valence-corrected chi connectivity index (χ4v) is 1.29. The van der Waals surface area contributed by atoms with E-state index in [-0.39, 0.29) is 18.3 Å². The van der Waals surface area contributed by atoms with Crippen LogP contribution in [0.3, 0.4) is 0 Å². The van der Waals surface area contributed by atoms with Crippen LogP contribution in [-0.4, -0.2) is 33.0 Å². The predicted molar refractivity (Wildman–Crippen MR) is 66.2 cm³/mol. The first-order chi connectivity index (χ1) is 8.65. The van der Waals surface area contributed by atoms with Crippen LogP contribution in [0, 0.1) is 5.82 Å². The lowest BCUT2D eigenvalue weighted by Gasteiger charge is -2.12. The smallest absolute Gasteiger partial charge is 0.244 e. The number of methoxy groups -OCH3 is 2. The van der Waals surface area contributed by atoms with Gasteiger partial charge in [0.1, 0.15) is 5.82 Å². The molecule has 0 radical (unpaired) electrons. The Morgan fingerprint density at radius 1 is 1.44 bits per heavy atom. The highest BCUT2D eigenvalue weighted by atomic mass is 19.1. The first kappa shape index (κ1) is 14.3. The molecule has 0 aliphatic carbocycles. The molecule has 1 aromatic carbocycles. The highest BCUT2D eigenvalue weighted by molar-refractivity contribution is 5.91. The molecule has 0 atom stereocenters. The number of rotatable bonds is 6. The largest absolute Gasteiger partial charge is 0.354 e. The van der Waals surface area contributed by atoms with Gasteiger partial charge in [-0.1, -0.05) is 12.1 Å². The molecule has 0 saturated carbocycles. The number of carbonyl (C=O) groups excluding carboxylic acids is 1. The zero-order chi connectivity index (χ0) is 13.4. The van der Waals surface area contributed by atoms with Crippen LogP contribution in [0.4, 0.5) is 4.39 Å². The summed E-state index contributed by atoms with van der Waals surface area (Å²) in [6.45, 7) is 0.249. The molecule has 98 valence electrons. The Bertz CT molecular complexity index is 416. The van der Waals surface area contributed by atoms with E-state index in [4.69, 9.17) is 9.47 Å².